The molecule has 2 unspecified atom stereocenters. The van der Waals surface area contributed by atoms with Gasteiger partial charge >= 0.3 is 0 Å². The van der Waals surface area contributed by atoms with Crippen LogP contribution in [0.3, 0.4) is 0 Å². The SMILES string of the molecule is CC(Cl)CC(C)Cc1csc2ccccc12. The van der Waals surface area contributed by atoms with Crippen LogP contribution in [0, 0.1) is 5.92 Å². The van der Waals surface area contributed by atoms with Crippen molar-refractivity contribution in [3.8, 4) is 0 Å². The van der Waals surface area contributed by atoms with E-state index in [1.807, 2.05) is 11.3 Å². The number of rotatable bonds is 4. The van der Waals surface area contributed by atoms with E-state index in [0.717, 1.165) is 12.8 Å². The Labute approximate surface area is 106 Å². The molecule has 0 aliphatic rings. The highest BCUT2D eigenvalue weighted by Gasteiger charge is 2.10. The van der Waals surface area contributed by atoms with Crippen molar-refractivity contribution in [2.24, 2.45) is 5.92 Å². The van der Waals surface area contributed by atoms with Gasteiger partial charge in [0.15, 0.2) is 0 Å². The molecule has 1 aromatic carbocycles. The van der Waals surface area contributed by atoms with Crippen LogP contribution in [0.5, 0.6) is 0 Å². The zero-order valence-electron chi connectivity index (χ0n) is 9.74. The minimum Gasteiger partial charge on any atom is -0.144 e. The van der Waals surface area contributed by atoms with Crippen LogP contribution >= 0.6 is 22.9 Å². The molecule has 2 heteroatoms. The molecule has 0 fully saturated rings. The molecule has 2 rings (SSSR count). The molecule has 0 N–H and O–H groups in total. The zero-order chi connectivity index (χ0) is 11.5. The second-order valence-corrected chi connectivity index (χ2v) is 6.24. The van der Waals surface area contributed by atoms with Gasteiger partial charge in [-0.25, -0.2) is 0 Å². The standard InChI is InChI=1S/C14H17ClS/c1-10(7-11(2)15)8-12-9-16-14-6-4-3-5-13(12)14/h3-6,9-11H,7-8H2,1-2H3. The molecule has 16 heavy (non-hydrogen) atoms. The molecule has 0 radical (unpaired) electrons. The topological polar surface area (TPSA) is 0 Å². The zero-order valence-corrected chi connectivity index (χ0v) is 11.3. The highest BCUT2D eigenvalue weighted by molar-refractivity contribution is 7.17. The van der Waals surface area contributed by atoms with Crippen molar-refractivity contribution >= 4 is 33.0 Å². The fraction of sp³-hybridized carbons (Fsp3) is 0.429. The molecule has 0 bridgehead atoms. The number of benzene rings is 1. The van der Waals surface area contributed by atoms with Crippen LogP contribution in [0.15, 0.2) is 29.6 Å². The van der Waals surface area contributed by atoms with Crippen molar-refractivity contribution in [2.45, 2.75) is 32.1 Å². The molecule has 0 aliphatic carbocycles. The van der Waals surface area contributed by atoms with Gasteiger partial charge in [0.25, 0.3) is 0 Å². The number of thiophene rings is 1. The van der Waals surface area contributed by atoms with Gasteiger partial charge in [0.05, 0.1) is 0 Å². The van der Waals surface area contributed by atoms with E-state index in [0.29, 0.717) is 5.92 Å². The summed E-state index contributed by atoms with van der Waals surface area (Å²) < 4.78 is 1.39. The van der Waals surface area contributed by atoms with Crippen LogP contribution in [0.1, 0.15) is 25.8 Å². The third-order valence-corrected chi connectivity index (χ3v) is 4.05. The molecule has 1 aromatic heterocycles. The van der Waals surface area contributed by atoms with Crippen molar-refractivity contribution in [3.63, 3.8) is 0 Å². The number of fused-ring (bicyclic) bond motifs is 1. The fourth-order valence-electron chi connectivity index (χ4n) is 2.20. The van der Waals surface area contributed by atoms with Crippen LogP contribution in [0.4, 0.5) is 0 Å². The van der Waals surface area contributed by atoms with Crippen LogP contribution in [0.25, 0.3) is 10.1 Å². The monoisotopic (exact) mass is 252 g/mol. The molecule has 2 atom stereocenters. The molecule has 0 aliphatic heterocycles. The van der Waals surface area contributed by atoms with E-state index in [1.165, 1.54) is 15.6 Å². The molecule has 0 saturated heterocycles. The Morgan fingerprint density at radius 2 is 2.00 bits per heavy atom. The summed E-state index contributed by atoms with van der Waals surface area (Å²) in [6.07, 6.45) is 2.23. The van der Waals surface area contributed by atoms with Gasteiger partial charge in [0.1, 0.15) is 0 Å². The minimum atomic E-state index is 0.278. The summed E-state index contributed by atoms with van der Waals surface area (Å²) in [6, 6.07) is 8.64. The third kappa shape index (κ3) is 2.78. The molecule has 2 aromatic rings. The lowest BCUT2D eigenvalue weighted by Gasteiger charge is -2.12. The first-order valence-electron chi connectivity index (χ1n) is 5.76. The molecule has 0 amide bonds. The summed E-state index contributed by atoms with van der Waals surface area (Å²) in [4.78, 5) is 0. The first-order valence-corrected chi connectivity index (χ1v) is 7.07. The number of halogens is 1. The lowest BCUT2D eigenvalue weighted by molar-refractivity contribution is 0.528. The smallest absolute Gasteiger partial charge is 0.0345 e. The summed E-state index contributed by atoms with van der Waals surface area (Å²) in [6.45, 7) is 4.36. The lowest BCUT2D eigenvalue weighted by Crippen LogP contribution is -2.05. The van der Waals surface area contributed by atoms with E-state index in [-0.39, 0.29) is 5.38 Å². The first kappa shape index (κ1) is 11.9. The maximum absolute atomic E-state index is 6.03. The minimum absolute atomic E-state index is 0.278. The van der Waals surface area contributed by atoms with Crippen LogP contribution < -0.4 is 0 Å². The Morgan fingerprint density at radius 3 is 2.75 bits per heavy atom. The second kappa shape index (κ2) is 5.20. The largest absolute Gasteiger partial charge is 0.144 e. The van der Waals surface area contributed by atoms with Crippen molar-refractivity contribution in [2.75, 3.05) is 0 Å². The fourth-order valence-corrected chi connectivity index (χ4v) is 3.48. The molecular formula is C14H17ClS. The van der Waals surface area contributed by atoms with E-state index < -0.39 is 0 Å². The van der Waals surface area contributed by atoms with Crippen molar-refractivity contribution in [3.05, 3.63) is 35.2 Å². The molecule has 0 nitrogen and oxygen atoms in total. The number of alkyl halides is 1. The highest BCUT2D eigenvalue weighted by atomic mass is 35.5. The quantitative estimate of drug-likeness (QED) is 0.665. The van der Waals surface area contributed by atoms with E-state index in [1.54, 1.807) is 0 Å². The van der Waals surface area contributed by atoms with Gasteiger partial charge in [-0.05, 0) is 48.1 Å². The average molecular weight is 253 g/mol. The van der Waals surface area contributed by atoms with Gasteiger partial charge in [0.2, 0.25) is 0 Å². The van der Waals surface area contributed by atoms with Gasteiger partial charge < -0.3 is 0 Å². The Kier molecular flexibility index (Phi) is 3.88. The maximum Gasteiger partial charge on any atom is 0.0345 e. The summed E-state index contributed by atoms with van der Waals surface area (Å²) in [5.74, 6) is 0.658. The lowest BCUT2D eigenvalue weighted by atomic mass is 9.96. The Morgan fingerprint density at radius 1 is 1.25 bits per heavy atom. The Bertz CT molecular complexity index is 458. The first-order chi connectivity index (χ1) is 7.66. The molecule has 0 spiro atoms. The van der Waals surface area contributed by atoms with Gasteiger partial charge in [-0.3, -0.25) is 0 Å². The predicted molar refractivity (Wildman–Crippen MR) is 74.6 cm³/mol. The van der Waals surface area contributed by atoms with Crippen LogP contribution in [0.2, 0.25) is 0 Å². The van der Waals surface area contributed by atoms with E-state index >= 15 is 0 Å². The van der Waals surface area contributed by atoms with E-state index in [2.05, 4.69) is 43.5 Å². The van der Waals surface area contributed by atoms with Crippen LogP contribution in [-0.2, 0) is 6.42 Å². The summed E-state index contributed by atoms with van der Waals surface area (Å²) in [5.41, 5.74) is 1.48. The average Bonchev–Trinajstić information content (AvgIpc) is 2.61. The summed E-state index contributed by atoms with van der Waals surface area (Å²) in [7, 11) is 0. The molecular weight excluding hydrogens is 236 g/mol. The normalized spacial score (nSPS) is 15.2. The number of hydrogen-bond acceptors (Lipinski definition) is 1. The summed E-state index contributed by atoms with van der Waals surface area (Å²) in [5, 5.41) is 3.99. The Balaban J connectivity index is 2.15. The van der Waals surface area contributed by atoms with Gasteiger partial charge in [-0.2, -0.15) is 0 Å². The highest BCUT2D eigenvalue weighted by Crippen LogP contribution is 2.28. The van der Waals surface area contributed by atoms with Gasteiger partial charge in [0, 0.05) is 10.1 Å². The van der Waals surface area contributed by atoms with Crippen LogP contribution in [-0.4, -0.2) is 5.38 Å². The van der Waals surface area contributed by atoms with Crippen molar-refractivity contribution in [1.82, 2.24) is 0 Å². The maximum atomic E-state index is 6.03. The van der Waals surface area contributed by atoms with E-state index in [4.69, 9.17) is 11.6 Å². The molecule has 86 valence electrons. The van der Waals surface area contributed by atoms with Gasteiger partial charge in [-0.15, -0.1) is 22.9 Å². The molecule has 0 saturated carbocycles. The Hall–Kier alpha value is -0.530. The third-order valence-electron chi connectivity index (χ3n) is 2.86. The number of hydrogen-bond donors (Lipinski definition) is 0. The molecule has 1 heterocycles. The van der Waals surface area contributed by atoms with E-state index in [9.17, 15) is 0 Å². The summed E-state index contributed by atoms with van der Waals surface area (Å²) >= 11 is 7.88. The van der Waals surface area contributed by atoms with Gasteiger partial charge in [-0.1, -0.05) is 25.1 Å². The van der Waals surface area contributed by atoms with Crippen molar-refractivity contribution in [1.29, 1.82) is 0 Å². The predicted octanol–water partition coefficient (Wildman–Crippen LogP) is 5.10. The van der Waals surface area contributed by atoms with Crippen molar-refractivity contribution < 1.29 is 0 Å². The second-order valence-electron chi connectivity index (χ2n) is 4.58.